The van der Waals surface area contributed by atoms with Gasteiger partial charge in [-0.2, -0.15) is 8.42 Å². The third-order valence-corrected chi connectivity index (χ3v) is 2.96. The minimum Gasteiger partial charge on any atom is -0.286 e. The van der Waals surface area contributed by atoms with Crippen molar-refractivity contribution in [2.45, 2.75) is 46.5 Å². The van der Waals surface area contributed by atoms with Crippen molar-refractivity contribution in [2.24, 2.45) is 5.41 Å². The normalized spacial score (nSPS) is 13.2. The highest BCUT2D eigenvalue weighted by Crippen LogP contribution is 2.27. The molecule has 3 nitrogen and oxygen atoms in total. The van der Waals surface area contributed by atoms with Gasteiger partial charge in [-0.3, -0.25) is 4.55 Å². The summed E-state index contributed by atoms with van der Waals surface area (Å²) in [5, 5.41) is 0. The standard InChI is InChI=1S/C9H20O3S/c1-4-5-6-9(2,3)7-8-13(10,11)12/h4-8H2,1-3H3,(H,10,11,12). The molecule has 13 heavy (non-hydrogen) atoms. The second-order valence-corrected chi connectivity index (χ2v) is 5.88. The van der Waals surface area contributed by atoms with Gasteiger partial charge in [-0.1, -0.05) is 33.6 Å². The Hall–Kier alpha value is -0.0900. The minimum atomic E-state index is -3.78. The molecule has 0 saturated carbocycles. The predicted molar refractivity (Wildman–Crippen MR) is 54.3 cm³/mol. The molecule has 0 aromatic carbocycles. The Labute approximate surface area is 81.3 Å². The van der Waals surface area contributed by atoms with Crippen LogP contribution in [0, 0.1) is 5.41 Å². The molecule has 0 aromatic heterocycles. The molecule has 0 radical (unpaired) electrons. The largest absolute Gasteiger partial charge is 0.286 e. The fourth-order valence-electron chi connectivity index (χ4n) is 1.19. The summed E-state index contributed by atoms with van der Waals surface area (Å²) < 4.78 is 29.6. The van der Waals surface area contributed by atoms with Crippen LogP contribution in [0.15, 0.2) is 0 Å². The summed E-state index contributed by atoms with van der Waals surface area (Å²) in [6, 6.07) is 0. The van der Waals surface area contributed by atoms with Crippen molar-refractivity contribution in [2.75, 3.05) is 5.75 Å². The zero-order chi connectivity index (χ0) is 10.5. The highest BCUT2D eigenvalue weighted by molar-refractivity contribution is 7.85. The van der Waals surface area contributed by atoms with Crippen LogP contribution < -0.4 is 0 Å². The third kappa shape index (κ3) is 8.25. The number of hydrogen-bond donors (Lipinski definition) is 1. The molecule has 0 heterocycles. The van der Waals surface area contributed by atoms with Crippen molar-refractivity contribution >= 4 is 10.1 Å². The molecule has 0 aliphatic rings. The first-order valence-corrected chi connectivity index (χ1v) is 6.33. The Kier molecular flexibility index (Phi) is 4.92. The fraction of sp³-hybridized carbons (Fsp3) is 1.00. The molecule has 0 aliphatic carbocycles. The molecular weight excluding hydrogens is 188 g/mol. The molecule has 80 valence electrons. The van der Waals surface area contributed by atoms with Gasteiger partial charge >= 0.3 is 0 Å². The van der Waals surface area contributed by atoms with Gasteiger partial charge in [0.15, 0.2) is 0 Å². The highest BCUT2D eigenvalue weighted by atomic mass is 32.2. The average molecular weight is 208 g/mol. The van der Waals surface area contributed by atoms with Crippen LogP contribution in [-0.2, 0) is 10.1 Å². The van der Waals surface area contributed by atoms with Gasteiger partial charge in [-0.25, -0.2) is 0 Å². The summed E-state index contributed by atoms with van der Waals surface area (Å²) in [5.74, 6) is -0.121. The average Bonchev–Trinajstić information content (AvgIpc) is 1.97. The van der Waals surface area contributed by atoms with Gasteiger partial charge in [0.2, 0.25) is 0 Å². The molecule has 0 rings (SSSR count). The summed E-state index contributed by atoms with van der Waals surface area (Å²) in [6.07, 6.45) is 3.78. The van der Waals surface area contributed by atoms with E-state index in [9.17, 15) is 8.42 Å². The molecule has 0 saturated heterocycles. The zero-order valence-corrected chi connectivity index (χ0v) is 9.52. The lowest BCUT2D eigenvalue weighted by atomic mass is 9.85. The Morgan fingerprint density at radius 1 is 1.23 bits per heavy atom. The molecule has 4 heteroatoms. The van der Waals surface area contributed by atoms with Crippen molar-refractivity contribution in [3.63, 3.8) is 0 Å². The first kappa shape index (κ1) is 12.9. The van der Waals surface area contributed by atoms with E-state index in [0.717, 1.165) is 19.3 Å². The van der Waals surface area contributed by atoms with Gasteiger partial charge in [0.05, 0.1) is 5.75 Å². The number of unbranched alkanes of at least 4 members (excludes halogenated alkanes) is 1. The Morgan fingerprint density at radius 3 is 2.15 bits per heavy atom. The topological polar surface area (TPSA) is 54.4 Å². The number of hydrogen-bond acceptors (Lipinski definition) is 2. The minimum absolute atomic E-state index is 0.0197. The molecule has 0 atom stereocenters. The summed E-state index contributed by atoms with van der Waals surface area (Å²) in [4.78, 5) is 0. The van der Waals surface area contributed by atoms with E-state index in [2.05, 4.69) is 6.92 Å². The first-order valence-electron chi connectivity index (χ1n) is 4.72. The predicted octanol–water partition coefficient (Wildman–Crippen LogP) is 2.48. The summed E-state index contributed by atoms with van der Waals surface area (Å²) in [6.45, 7) is 6.18. The molecule has 0 aromatic rings. The monoisotopic (exact) mass is 208 g/mol. The van der Waals surface area contributed by atoms with E-state index >= 15 is 0 Å². The zero-order valence-electron chi connectivity index (χ0n) is 8.71. The van der Waals surface area contributed by atoms with Gasteiger partial charge in [0, 0.05) is 0 Å². The van der Waals surface area contributed by atoms with Gasteiger partial charge in [0.25, 0.3) is 10.1 Å². The van der Waals surface area contributed by atoms with Gasteiger partial charge in [-0.05, 0) is 18.3 Å². The summed E-state index contributed by atoms with van der Waals surface area (Å²) in [5.41, 5.74) is 0.0197. The summed E-state index contributed by atoms with van der Waals surface area (Å²) in [7, 11) is -3.78. The van der Waals surface area contributed by atoms with Crippen molar-refractivity contribution in [3.8, 4) is 0 Å². The SMILES string of the molecule is CCCCC(C)(C)CCS(=O)(=O)O. The number of rotatable bonds is 6. The van der Waals surface area contributed by atoms with E-state index in [-0.39, 0.29) is 11.2 Å². The maximum absolute atomic E-state index is 10.5. The Bertz CT molecular complexity index is 229. The van der Waals surface area contributed by atoms with Crippen LogP contribution in [0.2, 0.25) is 0 Å². The molecule has 0 unspecified atom stereocenters. The lowest BCUT2D eigenvalue weighted by Gasteiger charge is -2.23. The first-order chi connectivity index (χ1) is 5.77. The molecule has 1 N–H and O–H groups in total. The molecule has 0 aliphatic heterocycles. The van der Waals surface area contributed by atoms with Crippen LogP contribution in [-0.4, -0.2) is 18.7 Å². The van der Waals surface area contributed by atoms with Crippen LogP contribution >= 0.6 is 0 Å². The van der Waals surface area contributed by atoms with E-state index in [1.165, 1.54) is 0 Å². The van der Waals surface area contributed by atoms with Crippen LogP contribution in [0.25, 0.3) is 0 Å². The second-order valence-electron chi connectivity index (χ2n) is 4.30. The van der Waals surface area contributed by atoms with Crippen LogP contribution in [0.4, 0.5) is 0 Å². The van der Waals surface area contributed by atoms with Crippen molar-refractivity contribution in [1.82, 2.24) is 0 Å². The fourth-order valence-corrected chi connectivity index (χ4v) is 2.00. The second kappa shape index (κ2) is 4.96. The van der Waals surface area contributed by atoms with Gasteiger partial charge in [-0.15, -0.1) is 0 Å². The van der Waals surface area contributed by atoms with Crippen molar-refractivity contribution in [1.29, 1.82) is 0 Å². The lowest BCUT2D eigenvalue weighted by Crippen LogP contribution is -2.17. The van der Waals surface area contributed by atoms with Gasteiger partial charge in [0.1, 0.15) is 0 Å². The summed E-state index contributed by atoms with van der Waals surface area (Å²) >= 11 is 0. The molecule has 0 fully saturated rings. The van der Waals surface area contributed by atoms with E-state index in [4.69, 9.17) is 4.55 Å². The highest BCUT2D eigenvalue weighted by Gasteiger charge is 2.19. The quantitative estimate of drug-likeness (QED) is 0.682. The lowest BCUT2D eigenvalue weighted by molar-refractivity contribution is 0.309. The van der Waals surface area contributed by atoms with Crippen LogP contribution in [0.1, 0.15) is 46.5 Å². The maximum Gasteiger partial charge on any atom is 0.264 e. The van der Waals surface area contributed by atoms with E-state index in [0.29, 0.717) is 6.42 Å². The Morgan fingerprint density at radius 2 is 1.77 bits per heavy atom. The van der Waals surface area contributed by atoms with Crippen molar-refractivity contribution in [3.05, 3.63) is 0 Å². The smallest absolute Gasteiger partial charge is 0.264 e. The molecule has 0 bridgehead atoms. The van der Waals surface area contributed by atoms with E-state index < -0.39 is 10.1 Å². The van der Waals surface area contributed by atoms with Crippen molar-refractivity contribution < 1.29 is 13.0 Å². The van der Waals surface area contributed by atoms with E-state index in [1.807, 2.05) is 13.8 Å². The molecular formula is C9H20O3S. The molecule has 0 amide bonds. The van der Waals surface area contributed by atoms with Gasteiger partial charge < -0.3 is 0 Å². The third-order valence-electron chi connectivity index (χ3n) is 2.24. The maximum atomic E-state index is 10.5. The van der Waals surface area contributed by atoms with Crippen LogP contribution in [0.3, 0.4) is 0 Å². The van der Waals surface area contributed by atoms with Crippen LogP contribution in [0.5, 0.6) is 0 Å². The molecule has 0 spiro atoms. The van der Waals surface area contributed by atoms with E-state index in [1.54, 1.807) is 0 Å². The Balaban J connectivity index is 3.89.